The zero-order valence-corrected chi connectivity index (χ0v) is 10.2. The van der Waals surface area contributed by atoms with E-state index in [9.17, 15) is 0 Å². The summed E-state index contributed by atoms with van der Waals surface area (Å²) >= 11 is 0. The van der Waals surface area contributed by atoms with Gasteiger partial charge in [-0.15, -0.1) is 0 Å². The number of likely N-dealkylation sites (tertiary alicyclic amines) is 1. The van der Waals surface area contributed by atoms with Crippen molar-refractivity contribution >= 4 is 5.82 Å². The minimum atomic E-state index is 0.601. The number of hydrogen-bond donors (Lipinski definition) is 1. The maximum absolute atomic E-state index is 5.58. The number of piperidine rings is 1. The van der Waals surface area contributed by atoms with Crippen molar-refractivity contribution < 1.29 is 0 Å². The van der Waals surface area contributed by atoms with Crippen molar-refractivity contribution in [3.05, 3.63) is 23.9 Å². The highest BCUT2D eigenvalue weighted by molar-refractivity contribution is 5.29. The molecule has 1 saturated heterocycles. The van der Waals surface area contributed by atoms with Crippen molar-refractivity contribution in [2.75, 3.05) is 18.8 Å². The maximum Gasteiger partial charge on any atom is 0.123 e. The summed E-state index contributed by atoms with van der Waals surface area (Å²) in [5.41, 5.74) is 6.84. The molecule has 1 aromatic rings. The Hall–Kier alpha value is -1.09. The third-order valence-electron chi connectivity index (χ3n) is 3.67. The van der Waals surface area contributed by atoms with Crippen molar-refractivity contribution in [1.29, 1.82) is 0 Å². The molecular weight excluding hydrogens is 198 g/mol. The molecule has 0 bridgehead atoms. The van der Waals surface area contributed by atoms with Crippen LogP contribution in [0.3, 0.4) is 0 Å². The lowest BCUT2D eigenvalue weighted by Gasteiger charge is -2.35. The molecule has 1 aromatic heterocycles. The van der Waals surface area contributed by atoms with Gasteiger partial charge in [-0.1, -0.05) is 19.9 Å². The molecule has 16 heavy (non-hydrogen) atoms. The summed E-state index contributed by atoms with van der Waals surface area (Å²) in [6.07, 6.45) is 3.20. The Morgan fingerprint density at radius 2 is 2.19 bits per heavy atom. The van der Waals surface area contributed by atoms with Crippen LogP contribution in [0.1, 0.15) is 25.8 Å². The van der Waals surface area contributed by atoms with Gasteiger partial charge < -0.3 is 5.73 Å². The SMILES string of the molecule is CC1CCN(Cc2ccc(N)nc2)CC1C. The van der Waals surface area contributed by atoms with E-state index in [1.54, 1.807) is 0 Å². The second-order valence-electron chi connectivity index (χ2n) is 5.07. The molecule has 2 heterocycles. The van der Waals surface area contributed by atoms with E-state index in [1.807, 2.05) is 12.3 Å². The quantitative estimate of drug-likeness (QED) is 0.828. The molecule has 0 spiro atoms. The Morgan fingerprint density at radius 3 is 2.81 bits per heavy atom. The summed E-state index contributed by atoms with van der Waals surface area (Å²) in [5, 5.41) is 0. The molecule has 3 heteroatoms. The molecule has 88 valence electrons. The third-order valence-corrected chi connectivity index (χ3v) is 3.67. The van der Waals surface area contributed by atoms with Crippen LogP contribution in [-0.2, 0) is 6.54 Å². The molecule has 0 aromatic carbocycles. The van der Waals surface area contributed by atoms with E-state index in [1.165, 1.54) is 25.1 Å². The van der Waals surface area contributed by atoms with Gasteiger partial charge in [0.05, 0.1) is 0 Å². The highest BCUT2D eigenvalue weighted by atomic mass is 15.1. The minimum absolute atomic E-state index is 0.601. The molecule has 0 amide bonds. The lowest BCUT2D eigenvalue weighted by atomic mass is 9.88. The number of nitrogens with zero attached hydrogens (tertiary/aromatic N) is 2. The van der Waals surface area contributed by atoms with Gasteiger partial charge in [0.2, 0.25) is 0 Å². The molecule has 0 radical (unpaired) electrons. The van der Waals surface area contributed by atoms with Gasteiger partial charge in [-0.2, -0.15) is 0 Å². The summed E-state index contributed by atoms with van der Waals surface area (Å²) in [6, 6.07) is 3.95. The standard InChI is InChI=1S/C13H21N3/c1-10-5-6-16(8-11(10)2)9-12-3-4-13(14)15-7-12/h3-4,7,10-11H,5-6,8-9H2,1-2H3,(H2,14,15). The van der Waals surface area contributed by atoms with Crippen LogP contribution in [0.4, 0.5) is 5.82 Å². The Morgan fingerprint density at radius 1 is 1.38 bits per heavy atom. The molecule has 0 aliphatic carbocycles. The zero-order chi connectivity index (χ0) is 11.5. The molecule has 2 N–H and O–H groups in total. The molecule has 0 saturated carbocycles. The van der Waals surface area contributed by atoms with Gasteiger partial charge in [0.1, 0.15) is 5.82 Å². The van der Waals surface area contributed by atoms with Crippen molar-refractivity contribution in [2.45, 2.75) is 26.8 Å². The second-order valence-corrected chi connectivity index (χ2v) is 5.07. The summed E-state index contributed by atoms with van der Waals surface area (Å²) < 4.78 is 0. The van der Waals surface area contributed by atoms with E-state index < -0.39 is 0 Å². The average Bonchev–Trinajstić information content (AvgIpc) is 2.27. The average molecular weight is 219 g/mol. The molecule has 1 aliphatic rings. The number of nitrogens with two attached hydrogens (primary N) is 1. The predicted molar refractivity (Wildman–Crippen MR) is 66.9 cm³/mol. The number of pyridine rings is 1. The van der Waals surface area contributed by atoms with E-state index in [2.05, 4.69) is 29.8 Å². The number of nitrogen functional groups attached to an aromatic ring is 1. The summed E-state index contributed by atoms with van der Waals surface area (Å²) in [6.45, 7) is 8.11. The zero-order valence-electron chi connectivity index (χ0n) is 10.2. The van der Waals surface area contributed by atoms with Gasteiger partial charge >= 0.3 is 0 Å². The van der Waals surface area contributed by atoms with E-state index in [4.69, 9.17) is 5.73 Å². The van der Waals surface area contributed by atoms with E-state index >= 15 is 0 Å². The maximum atomic E-state index is 5.58. The van der Waals surface area contributed by atoms with Crippen LogP contribution in [0.5, 0.6) is 0 Å². The number of aromatic nitrogens is 1. The van der Waals surface area contributed by atoms with Crippen molar-refractivity contribution in [3.63, 3.8) is 0 Å². The molecule has 1 fully saturated rings. The van der Waals surface area contributed by atoms with Crippen LogP contribution in [0, 0.1) is 11.8 Å². The van der Waals surface area contributed by atoms with Crippen molar-refractivity contribution in [3.8, 4) is 0 Å². The van der Waals surface area contributed by atoms with E-state index in [-0.39, 0.29) is 0 Å². The van der Waals surface area contributed by atoms with Gasteiger partial charge in [0.25, 0.3) is 0 Å². The van der Waals surface area contributed by atoms with Gasteiger partial charge in [0.15, 0.2) is 0 Å². The Kier molecular flexibility index (Phi) is 3.44. The molecule has 2 rings (SSSR count). The molecular formula is C13H21N3. The van der Waals surface area contributed by atoms with Crippen LogP contribution >= 0.6 is 0 Å². The van der Waals surface area contributed by atoms with Crippen LogP contribution < -0.4 is 5.73 Å². The fourth-order valence-corrected chi connectivity index (χ4v) is 2.28. The number of anilines is 1. The van der Waals surface area contributed by atoms with Gasteiger partial charge in [-0.25, -0.2) is 4.98 Å². The Labute approximate surface area is 97.7 Å². The van der Waals surface area contributed by atoms with Crippen LogP contribution in [-0.4, -0.2) is 23.0 Å². The molecule has 3 nitrogen and oxygen atoms in total. The Bertz CT molecular complexity index is 334. The molecule has 2 unspecified atom stereocenters. The van der Waals surface area contributed by atoms with Gasteiger partial charge in [0, 0.05) is 19.3 Å². The molecule has 1 aliphatic heterocycles. The summed E-state index contributed by atoms with van der Waals surface area (Å²) in [5.74, 6) is 2.26. The number of hydrogen-bond acceptors (Lipinski definition) is 3. The smallest absolute Gasteiger partial charge is 0.123 e. The normalized spacial score (nSPS) is 26.9. The van der Waals surface area contributed by atoms with Crippen LogP contribution in [0.15, 0.2) is 18.3 Å². The number of rotatable bonds is 2. The topological polar surface area (TPSA) is 42.1 Å². The minimum Gasteiger partial charge on any atom is -0.384 e. The first-order valence-corrected chi connectivity index (χ1v) is 6.08. The Balaban J connectivity index is 1.93. The van der Waals surface area contributed by atoms with Crippen molar-refractivity contribution in [1.82, 2.24) is 9.88 Å². The fraction of sp³-hybridized carbons (Fsp3) is 0.615. The first-order valence-electron chi connectivity index (χ1n) is 6.08. The highest BCUT2D eigenvalue weighted by Crippen LogP contribution is 2.23. The lowest BCUT2D eigenvalue weighted by molar-refractivity contribution is 0.132. The first kappa shape index (κ1) is 11.4. The monoisotopic (exact) mass is 219 g/mol. The van der Waals surface area contributed by atoms with Gasteiger partial charge in [-0.05, 0) is 36.4 Å². The third kappa shape index (κ3) is 2.73. The second kappa shape index (κ2) is 4.83. The van der Waals surface area contributed by atoms with Crippen LogP contribution in [0.2, 0.25) is 0 Å². The van der Waals surface area contributed by atoms with Crippen molar-refractivity contribution in [2.24, 2.45) is 11.8 Å². The fourth-order valence-electron chi connectivity index (χ4n) is 2.28. The summed E-state index contributed by atoms with van der Waals surface area (Å²) in [4.78, 5) is 6.64. The largest absolute Gasteiger partial charge is 0.384 e. The lowest BCUT2D eigenvalue weighted by Crippen LogP contribution is -2.37. The van der Waals surface area contributed by atoms with E-state index in [0.717, 1.165) is 18.4 Å². The summed E-state index contributed by atoms with van der Waals surface area (Å²) in [7, 11) is 0. The predicted octanol–water partition coefficient (Wildman–Crippen LogP) is 2.14. The van der Waals surface area contributed by atoms with Crippen LogP contribution in [0.25, 0.3) is 0 Å². The molecule has 2 atom stereocenters. The first-order chi connectivity index (χ1) is 7.65. The van der Waals surface area contributed by atoms with E-state index in [0.29, 0.717) is 5.82 Å². The van der Waals surface area contributed by atoms with Gasteiger partial charge in [-0.3, -0.25) is 4.90 Å². The highest BCUT2D eigenvalue weighted by Gasteiger charge is 2.22.